The number of esters is 1. The van der Waals surface area contributed by atoms with Crippen molar-refractivity contribution < 1.29 is 14.3 Å². The maximum atomic E-state index is 11.7. The quantitative estimate of drug-likeness (QED) is 0.781. The minimum absolute atomic E-state index is 0.176. The van der Waals surface area contributed by atoms with Gasteiger partial charge in [0.15, 0.2) is 0 Å². The van der Waals surface area contributed by atoms with E-state index >= 15 is 0 Å². The van der Waals surface area contributed by atoms with Crippen molar-refractivity contribution in [3.05, 3.63) is 35.9 Å². The molecule has 1 amide bonds. The van der Waals surface area contributed by atoms with Crippen LogP contribution in [0.1, 0.15) is 23.7 Å². The van der Waals surface area contributed by atoms with Gasteiger partial charge in [-0.05, 0) is 19.1 Å². The van der Waals surface area contributed by atoms with Gasteiger partial charge in [-0.15, -0.1) is 0 Å². The second-order valence-corrected chi connectivity index (χ2v) is 3.52. The summed E-state index contributed by atoms with van der Waals surface area (Å²) < 4.78 is 4.52. The molecule has 0 fully saturated rings. The van der Waals surface area contributed by atoms with Gasteiger partial charge in [-0.2, -0.15) is 0 Å². The molecule has 1 atom stereocenters. The number of hydrogen-bond donors (Lipinski definition) is 1. The summed E-state index contributed by atoms with van der Waals surface area (Å²) in [5, 5.41) is 2.72. The summed E-state index contributed by atoms with van der Waals surface area (Å²) in [6, 6.07) is 8.63. The first-order chi connectivity index (χ1) is 7.63. The maximum absolute atomic E-state index is 11.7. The number of carbonyl (C=O) groups is 2. The molecule has 0 saturated heterocycles. The molecule has 0 aromatic heterocycles. The molecule has 4 heteroatoms. The van der Waals surface area contributed by atoms with E-state index in [0.717, 1.165) is 0 Å². The Morgan fingerprint density at radius 3 is 2.50 bits per heavy atom. The Bertz CT molecular complexity index is 362. The van der Waals surface area contributed by atoms with Gasteiger partial charge in [0.25, 0.3) is 5.91 Å². The van der Waals surface area contributed by atoms with Crippen molar-refractivity contribution in [1.82, 2.24) is 5.32 Å². The van der Waals surface area contributed by atoms with Gasteiger partial charge in [0.05, 0.1) is 13.5 Å². The van der Waals surface area contributed by atoms with Gasteiger partial charge in [0, 0.05) is 11.6 Å². The molecule has 0 aliphatic heterocycles. The monoisotopic (exact) mass is 221 g/mol. The summed E-state index contributed by atoms with van der Waals surface area (Å²) in [5.74, 6) is -0.516. The van der Waals surface area contributed by atoms with E-state index in [1.807, 2.05) is 6.07 Å². The van der Waals surface area contributed by atoms with Crippen LogP contribution in [0.4, 0.5) is 0 Å². The molecule has 0 radical (unpaired) electrons. The van der Waals surface area contributed by atoms with Crippen LogP contribution in [-0.4, -0.2) is 25.0 Å². The number of carbonyl (C=O) groups excluding carboxylic acids is 2. The zero-order chi connectivity index (χ0) is 12.0. The van der Waals surface area contributed by atoms with E-state index in [2.05, 4.69) is 10.1 Å². The van der Waals surface area contributed by atoms with Crippen LogP contribution in [0.25, 0.3) is 0 Å². The van der Waals surface area contributed by atoms with Crippen LogP contribution in [0.2, 0.25) is 0 Å². The summed E-state index contributed by atoms with van der Waals surface area (Å²) in [5.41, 5.74) is 0.583. The average Bonchev–Trinajstić information content (AvgIpc) is 2.29. The molecule has 4 nitrogen and oxygen atoms in total. The van der Waals surface area contributed by atoms with Gasteiger partial charge in [-0.25, -0.2) is 0 Å². The first-order valence-electron chi connectivity index (χ1n) is 5.06. The SMILES string of the molecule is COC(=O)CC(C)NC(=O)c1ccccc1. The highest BCUT2D eigenvalue weighted by Crippen LogP contribution is 2.00. The van der Waals surface area contributed by atoms with Gasteiger partial charge in [-0.3, -0.25) is 9.59 Å². The number of rotatable bonds is 4. The number of amides is 1. The molecule has 16 heavy (non-hydrogen) atoms. The predicted octanol–water partition coefficient (Wildman–Crippen LogP) is 1.37. The van der Waals surface area contributed by atoms with Crippen LogP contribution in [0.5, 0.6) is 0 Å². The van der Waals surface area contributed by atoms with Gasteiger partial charge in [0.2, 0.25) is 0 Å². The molecule has 1 aromatic rings. The number of ether oxygens (including phenoxy) is 1. The van der Waals surface area contributed by atoms with E-state index in [9.17, 15) is 9.59 Å². The van der Waals surface area contributed by atoms with E-state index < -0.39 is 0 Å². The van der Waals surface area contributed by atoms with E-state index in [1.165, 1.54) is 7.11 Å². The zero-order valence-electron chi connectivity index (χ0n) is 9.40. The lowest BCUT2D eigenvalue weighted by molar-refractivity contribution is -0.141. The van der Waals surface area contributed by atoms with Crippen molar-refractivity contribution >= 4 is 11.9 Å². The second kappa shape index (κ2) is 5.90. The normalized spacial score (nSPS) is 11.6. The molecular formula is C12H15NO3. The first-order valence-corrected chi connectivity index (χ1v) is 5.06. The van der Waals surface area contributed by atoms with Crippen LogP contribution in [0, 0.1) is 0 Å². The molecule has 0 saturated carbocycles. The fraction of sp³-hybridized carbons (Fsp3) is 0.333. The number of benzene rings is 1. The maximum Gasteiger partial charge on any atom is 0.307 e. The van der Waals surface area contributed by atoms with Crippen molar-refractivity contribution in [2.45, 2.75) is 19.4 Å². The third-order valence-electron chi connectivity index (χ3n) is 2.11. The van der Waals surface area contributed by atoms with Crippen LogP contribution in [0.15, 0.2) is 30.3 Å². The highest BCUT2D eigenvalue weighted by atomic mass is 16.5. The lowest BCUT2D eigenvalue weighted by Gasteiger charge is -2.12. The highest BCUT2D eigenvalue weighted by Gasteiger charge is 2.12. The Hall–Kier alpha value is -1.84. The van der Waals surface area contributed by atoms with Crippen molar-refractivity contribution in [3.8, 4) is 0 Å². The van der Waals surface area contributed by atoms with Crippen LogP contribution in [0.3, 0.4) is 0 Å². The van der Waals surface area contributed by atoms with Crippen molar-refractivity contribution in [1.29, 1.82) is 0 Å². The van der Waals surface area contributed by atoms with Gasteiger partial charge >= 0.3 is 5.97 Å². The molecule has 86 valence electrons. The summed E-state index contributed by atoms with van der Waals surface area (Å²) >= 11 is 0. The lowest BCUT2D eigenvalue weighted by Crippen LogP contribution is -2.34. The minimum Gasteiger partial charge on any atom is -0.469 e. The minimum atomic E-state index is -0.333. The zero-order valence-corrected chi connectivity index (χ0v) is 9.40. The second-order valence-electron chi connectivity index (χ2n) is 3.52. The fourth-order valence-electron chi connectivity index (χ4n) is 1.28. The van der Waals surface area contributed by atoms with Gasteiger partial charge in [-0.1, -0.05) is 18.2 Å². The smallest absolute Gasteiger partial charge is 0.307 e. The molecule has 1 rings (SSSR count). The van der Waals surface area contributed by atoms with E-state index in [4.69, 9.17) is 0 Å². The summed E-state index contributed by atoms with van der Waals surface area (Å²) in [6.45, 7) is 1.76. The third kappa shape index (κ3) is 3.73. The topological polar surface area (TPSA) is 55.4 Å². The highest BCUT2D eigenvalue weighted by molar-refractivity contribution is 5.94. The molecule has 0 spiro atoms. The molecule has 0 aliphatic rings. The van der Waals surface area contributed by atoms with E-state index in [-0.39, 0.29) is 24.3 Å². The molecule has 1 N–H and O–H groups in total. The van der Waals surface area contributed by atoms with Crippen molar-refractivity contribution in [2.24, 2.45) is 0 Å². The number of methoxy groups -OCH3 is 1. The van der Waals surface area contributed by atoms with Crippen molar-refractivity contribution in [2.75, 3.05) is 7.11 Å². The Labute approximate surface area is 94.6 Å². The van der Waals surface area contributed by atoms with Crippen LogP contribution < -0.4 is 5.32 Å². The molecular weight excluding hydrogens is 206 g/mol. The van der Waals surface area contributed by atoms with Gasteiger partial charge < -0.3 is 10.1 Å². The molecule has 0 heterocycles. The van der Waals surface area contributed by atoms with Crippen molar-refractivity contribution in [3.63, 3.8) is 0 Å². The third-order valence-corrected chi connectivity index (χ3v) is 2.11. The Kier molecular flexibility index (Phi) is 4.51. The molecule has 1 unspecified atom stereocenters. The van der Waals surface area contributed by atoms with E-state index in [0.29, 0.717) is 5.56 Å². The fourth-order valence-corrected chi connectivity index (χ4v) is 1.28. The van der Waals surface area contributed by atoms with Gasteiger partial charge in [0.1, 0.15) is 0 Å². The Morgan fingerprint density at radius 2 is 1.94 bits per heavy atom. The summed E-state index contributed by atoms with van der Waals surface area (Å²) in [6.07, 6.45) is 0.176. The largest absolute Gasteiger partial charge is 0.469 e. The standard InChI is InChI=1S/C12H15NO3/c1-9(8-11(14)16-2)13-12(15)10-6-4-3-5-7-10/h3-7,9H,8H2,1-2H3,(H,13,15). The predicted molar refractivity (Wildman–Crippen MR) is 60.0 cm³/mol. The number of nitrogens with one attached hydrogen (secondary N) is 1. The molecule has 1 aromatic carbocycles. The first kappa shape index (κ1) is 12.2. The Balaban J connectivity index is 2.49. The lowest BCUT2D eigenvalue weighted by atomic mass is 10.2. The summed E-state index contributed by atoms with van der Waals surface area (Å²) in [4.78, 5) is 22.6. The van der Waals surface area contributed by atoms with Crippen LogP contribution in [-0.2, 0) is 9.53 Å². The summed E-state index contributed by atoms with van der Waals surface area (Å²) in [7, 11) is 1.33. The average molecular weight is 221 g/mol. The van der Waals surface area contributed by atoms with Crippen LogP contribution >= 0.6 is 0 Å². The Morgan fingerprint density at radius 1 is 1.31 bits per heavy atom. The van der Waals surface area contributed by atoms with E-state index in [1.54, 1.807) is 31.2 Å². The number of hydrogen-bond acceptors (Lipinski definition) is 3. The molecule has 0 aliphatic carbocycles. The molecule has 0 bridgehead atoms.